The number of nitrogens with one attached hydrogen (secondary N) is 1. The molecule has 2 rings (SSSR count). The predicted molar refractivity (Wildman–Crippen MR) is 71.9 cm³/mol. The van der Waals surface area contributed by atoms with Gasteiger partial charge < -0.3 is 9.73 Å². The van der Waals surface area contributed by atoms with Crippen LogP contribution in [0, 0.1) is 5.92 Å². The molecule has 0 aliphatic heterocycles. The van der Waals surface area contributed by atoms with Crippen molar-refractivity contribution >= 4 is 0 Å². The van der Waals surface area contributed by atoms with E-state index in [2.05, 4.69) is 22.4 Å². The minimum absolute atomic E-state index is 0.0200. The van der Waals surface area contributed by atoms with Crippen LogP contribution < -0.4 is 5.32 Å². The maximum Gasteiger partial charge on any atom is 0.391 e. The van der Waals surface area contributed by atoms with Crippen LogP contribution in [0.2, 0.25) is 0 Å². The van der Waals surface area contributed by atoms with E-state index < -0.39 is 12.1 Å². The normalized spacial score (nSPS) is 23.4. The van der Waals surface area contributed by atoms with Crippen LogP contribution in [0.5, 0.6) is 0 Å². The molecule has 4 nitrogen and oxygen atoms in total. The van der Waals surface area contributed by atoms with Gasteiger partial charge >= 0.3 is 6.18 Å². The first-order valence-corrected chi connectivity index (χ1v) is 7.60. The maximum atomic E-state index is 12.6. The second-order valence-electron chi connectivity index (χ2n) is 5.62. The molecule has 0 aromatic carbocycles. The summed E-state index contributed by atoms with van der Waals surface area (Å²) in [6.07, 6.45) is -1.09. The lowest BCUT2D eigenvalue weighted by Crippen LogP contribution is -2.27. The number of nitrogens with zero attached hydrogens (tertiary/aromatic N) is 2. The van der Waals surface area contributed by atoms with Crippen LogP contribution in [0.15, 0.2) is 4.42 Å². The highest BCUT2D eigenvalue weighted by Gasteiger charge is 2.42. The van der Waals surface area contributed by atoms with Gasteiger partial charge in [-0.15, -0.1) is 10.2 Å². The van der Waals surface area contributed by atoms with Gasteiger partial charge in [-0.1, -0.05) is 6.92 Å². The molecule has 120 valence electrons. The Labute approximate surface area is 122 Å². The Bertz CT molecular complexity index is 425. The number of hydrogen-bond donors (Lipinski definition) is 1. The monoisotopic (exact) mass is 305 g/mol. The van der Waals surface area contributed by atoms with Crippen molar-refractivity contribution < 1.29 is 17.6 Å². The van der Waals surface area contributed by atoms with E-state index >= 15 is 0 Å². The van der Waals surface area contributed by atoms with Crippen LogP contribution in [0.4, 0.5) is 13.2 Å². The summed E-state index contributed by atoms with van der Waals surface area (Å²) >= 11 is 0. The van der Waals surface area contributed by atoms with Gasteiger partial charge in [-0.05, 0) is 38.6 Å². The summed E-state index contributed by atoms with van der Waals surface area (Å²) < 4.78 is 43.4. The molecule has 1 aromatic rings. The molecule has 1 aromatic heterocycles. The fourth-order valence-electron chi connectivity index (χ4n) is 2.70. The standard InChI is InChI=1S/C14H22F3N3O/c1-2-8-18-9-7-12-19-20-13(21-12)10-3-5-11(6-4-10)14(15,16)17/h10-11,18H,2-9H2,1H3. The SMILES string of the molecule is CCCNCCc1nnc(C2CCC(C(F)(F)F)CC2)o1. The molecule has 0 unspecified atom stereocenters. The van der Waals surface area contributed by atoms with Gasteiger partial charge in [0.2, 0.25) is 11.8 Å². The highest BCUT2D eigenvalue weighted by molar-refractivity contribution is 4.95. The quantitative estimate of drug-likeness (QED) is 0.818. The fourth-order valence-corrected chi connectivity index (χ4v) is 2.70. The highest BCUT2D eigenvalue weighted by Crippen LogP contribution is 2.42. The Morgan fingerprint density at radius 2 is 1.86 bits per heavy atom. The fraction of sp³-hybridized carbons (Fsp3) is 0.857. The molecule has 1 saturated carbocycles. The van der Waals surface area contributed by atoms with Crippen molar-refractivity contribution in [1.82, 2.24) is 15.5 Å². The maximum absolute atomic E-state index is 12.6. The van der Waals surface area contributed by atoms with E-state index in [0.29, 0.717) is 31.0 Å². The van der Waals surface area contributed by atoms with Crippen molar-refractivity contribution in [3.8, 4) is 0 Å². The van der Waals surface area contributed by atoms with E-state index in [1.54, 1.807) is 0 Å². The summed E-state index contributed by atoms with van der Waals surface area (Å²) in [6, 6.07) is 0. The molecule has 21 heavy (non-hydrogen) atoms. The summed E-state index contributed by atoms with van der Waals surface area (Å²) in [4.78, 5) is 0. The Morgan fingerprint density at radius 1 is 1.14 bits per heavy atom. The first-order valence-electron chi connectivity index (χ1n) is 7.60. The summed E-state index contributed by atoms with van der Waals surface area (Å²) in [5.74, 6) is -0.129. The summed E-state index contributed by atoms with van der Waals surface area (Å²) in [7, 11) is 0. The zero-order valence-electron chi connectivity index (χ0n) is 12.2. The third-order valence-electron chi connectivity index (χ3n) is 3.96. The van der Waals surface area contributed by atoms with Gasteiger partial charge in [0.1, 0.15) is 0 Å². The first-order chi connectivity index (χ1) is 10.0. The molecule has 0 spiro atoms. The Morgan fingerprint density at radius 3 is 2.48 bits per heavy atom. The van der Waals surface area contributed by atoms with Gasteiger partial charge in [0.25, 0.3) is 0 Å². The molecule has 0 saturated heterocycles. The zero-order valence-corrected chi connectivity index (χ0v) is 12.2. The number of rotatable bonds is 6. The lowest BCUT2D eigenvalue weighted by molar-refractivity contribution is -0.182. The van der Waals surface area contributed by atoms with Crippen molar-refractivity contribution in [2.45, 2.75) is 57.5 Å². The van der Waals surface area contributed by atoms with E-state index in [-0.39, 0.29) is 18.8 Å². The van der Waals surface area contributed by atoms with Crippen molar-refractivity contribution in [1.29, 1.82) is 0 Å². The number of halogens is 3. The van der Waals surface area contributed by atoms with Gasteiger partial charge in [-0.3, -0.25) is 0 Å². The Hall–Kier alpha value is -1.11. The Balaban J connectivity index is 1.80. The first kappa shape index (κ1) is 16.3. The van der Waals surface area contributed by atoms with Crippen molar-refractivity contribution in [3.05, 3.63) is 11.8 Å². The van der Waals surface area contributed by atoms with E-state index in [4.69, 9.17) is 4.42 Å². The van der Waals surface area contributed by atoms with Crippen LogP contribution in [-0.2, 0) is 6.42 Å². The molecule has 1 aliphatic carbocycles. The van der Waals surface area contributed by atoms with E-state index in [1.165, 1.54) is 0 Å². The minimum Gasteiger partial charge on any atom is -0.425 e. The summed E-state index contributed by atoms with van der Waals surface area (Å²) in [5.41, 5.74) is 0. The second kappa shape index (κ2) is 7.24. The van der Waals surface area contributed by atoms with Gasteiger partial charge in [0.05, 0.1) is 5.92 Å². The second-order valence-corrected chi connectivity index (χ2v) is 5.62. The molecule has 0 bridgehead atoms. The van der Waals surface area contributed by atoms with Crippen molar-refractivity contribution in [3.63, 3.8) is 0 Å². The van der Waals surface area contributed by atoms with Crippen molar-refractivity contribution in [2.24, 2.45) is 5.92 Å². The van der Waals surface area contributed by atoms with E-state index in [0.717, 1.165) is 19.5 Å². The van der Waals surface area contributed by atoms with Crippen LogP contribution >= 0.6 is 0 Å². The predicted octanol–water partition coefficient (Wildman–Crippen LogP) is 3.45. The van der Waals surface area contributed by atoms with Crippen molar-refractivity contribution in [2.75, 3.05) is 13.1 Å². The van der Waals surface area contributed by atoms with Crippen LogP contribution in [0.1, 0.15) is 56.7 Å². The van der Waals surface area contributed by atoms with Crippen LogP contribution in [-0.4, -0.2) is 29.5 Å². The van der Waals surface area contributed by atoms with Gasteiger partial charge in [0.15, 0.2) is 0 Å². The van der Waals surface area contributed by atoms with E-state index in [9.17, 15) is 13.2 Å². The molecule has 1 N–H and O–H groups in total. The van der Waals surface area contributed by atoms with Crippen LogP contribution in [0.3, 0.4) is 0 Å². The molecule has 1 fully saturated rings. The highest BCUT2D eigenvalue weighted by atomic mass is 19.4. The average molecular weight is 305 g/mol. The molecule has 0 radical (unpaired) electrons. The third-order valence-corrected chi connectivity index (χ3v) is 3.96. The Kier molecular flexibility index (Phi) is 5.61. The topological polar surface area (TPSA) is 51.0 Å². The minimum atomic E-state index is -4.07. The molecule has 1 aliphatic rings. The average Bonchev–Trinajstić information content (AvgIpc) is 2.92. The summed E-state index contributed by atoms with van der Waals surface area (Å²) in [5, 5.41) is 11.2. The molecule has 1 heterocycles. The van der Waals surface area contributed by atoms with Gasteiger partial charge in [-0.25, -0.2) is 0 Å². The lowest BCUT2D eigenvalue weighted by Gasteiger charge is -2.27. The molecular weight excluding hydrogens is 283 g/mol. The molecular formula is C14H22F3N3O. The molecule has 0 amide bonds. The largest absolute Gasteiger partial charge is 0.425 e. The van der Waals surface area contributed by atoms with Gasteiger partial charge in [0, 0.05) is 18.9 Å². The number of aromatic nitrogens is 2. The smallest absolute Gasteiger partial charge is 0.391 e. The molecule has 0 atom stereocenters. The lowest BCUT2D eigenvalue weighted by atomic mass is 9.81. The molecule has 7 heteroatoms. The third kappa shape index (κ3) is 4.69. The van der Waals surface area contributed by atoms with Gasteiger partial charge in [-0.2, -0.15) is 13.2 Å². The zero-order chi connectivity index (χ0) is 15.3. The van der Waals surface area contributed by atoms with E-state index in [1.807, 2.05) is 0 Å². The number of hydrogen-bond acceptors (Lipinski definition) is 4. The number of alkyl halides is 3. The van der Waals surface area contributed by atoms with Crippen LogP contribution in [0.25, 0.3) is 0 Å². The summed E-state index contributed by atoms with van der Waals surface area (Å²) in [6.45, 7) is 3.81.